The summed E-state index contributed by atoms with van der Waals surface area (Å²) in [5.74, 6) is -0.462. The quantitative estimate of drug-likeness (QED) is 0.757. The normalized spacial score (nSPS) is 11.6. The predicted molar refractivity (Wildman–Crippen MR) is 63.4 cm³/mol. The van der Waals surface area contributed by atoms with E-state index in [9.17, 15) is 12.8 Å². The van der Waals surface area contributed by atoms with E-state index < -0.39 is 15.8 Å². The SMILES string of the molecule is Nc1[nH]ncc1S(=O)(=O)NCc1cccc(F)c1. The maximum Gasteiger partial charge on any atom is 0.246 e. The first-order valence-corrected chi connectivity index (χ1v) is 6.50. The molecule has 8 heteroatoms. The highest BCUT2D eigenvalue weighted by molar-refractivity contribution is 7.89. The molecule has 1 aromatic heterocycles. The molecule has 0 aliphatic carbocycles. The number of rotatable bonds is 4. The molecule has 6 nitrogen and oxygen atoms in total. The van der Waals surface area contributed by atoms with Gasteiger partial charge in [0.25, 0.3) is 0 Å². The zero-order valence-corrected chi connectivity index (χ0v) is 10.0. The summed E-state index contributed by atoms with van der Waals surface area (Å²) in [7, 11) is -3.75. The minimum absolute atomic E-state index is 0.0231. The van der Waals surface area contributed by atoms with Crippen LogP contribution in [0.15, 0.2) is 35.4 Å². The highest BCUT2D eigenvalue weighted by Gasteiger charge is 2.18. The summed E-state index contributed by atoms with van der Waals surface area (Å²) in [5, 5.41) is 5.86. The van der Waals surface area contributed by atoms with E-state index in [0.717, 1.165) is 6.20 Å². The van der Waals surface area contributed by atoms with Crippen LogP contribution in [0.25, 0.3) is 0 Å². The van der Waals surface area contributed by atoms with Crippen molar-refractivity contribution in [3.8, 4) is 0 Å². The first kappa shape index (κ1) is 12.5. The molecular formula is C10H11FN4O2S. The van der Waals surface area contributed by atoms with Gasteiger partial charge in [0.1, 0.15) is 16.5 Å². The predicted octanol–water partition coefficient (Wildman–Crippen LogP) is 0.609. The van der Waals surface area contributed by atoms with E-state index in [4.69, 9.17) is 5.73 Å². The lowest BCUT2D eigenvalue weighted by Crippen LogP contribution is -2.23. The first-order valence-electron chi connectivity index (χ1n) is 5.02. The van der Waals surface area contributed by atoms with E-state index in [2.05, 4.69) is 14.9 Å². The lowest BCUT2D eigenvalue weighted by molar-refractivity contribution is 0.580. The summed E-state index contributed by atoms with van der Waals surface area (Å²) >= 11 is 0. The number of nitrogens with one attached hydrogen (secondary N) is 2. The molecule has 0 bridgehead atoms. The molecule has 0 saturated heterocycles. The van der Waals surface area contributed by atoms with Crippen molar-refractivity contribution in [2.75, 3.05) is 5.73 Å². The average Bonchev–Trinajstić information content (AvgIpc) is 2.74. The lowest BCUT2D eigenvalue weighted by Gasteiger charge is -2.05. The molecule has 0 aliphatic heterocycles. The van der Waals surface area contributed by atoms with Crippen molar-refractivity contribution >= 4 is 15.8 Å². The molecule has 0 unspecified atom stereocenters. The number of H-pyrrole nitrogens is 1. The van der Waals surface area contributed by atoms with E-state index in [1.807, 2.05) is 0 Å². The number of anilines is 1. The van der Waals surface area contributed by atoms with Gasteiger partial charge in [0.2, 0.25) is 10.0 Å². The van der Waals surface area contributed by atoms with E-state index in [0.29, 0.717) is 5.56 Å². The zero-order valence-electron chi connectivity index (χ0n) is 9.22. The fourth-order valence-electron chi connectivity index (χ4n) is 1.40. The number of sulfonamides is 1. The second-order valence-corrected chi connectivity index (χ2v) is 5.34. The smallest absolute Gasteiger partial charge is 0.246 e. The zero-order chi connectivity index (χ0) is 13.2. The number of nitrogens with zero attached hydrogens (tertiary/aromatic N) is 1. The van der Waals surface area contributed by atoms with Crippen LogP contribution in [0, 0.1) is 5.82 Å². The molecule has 0 amide bonds. The summed E-state index contributed by atoms with van der Waals surface area (Å²) in [6, 6.07) is 5.66. The van der Waals surface area contributed by atoms with E-state index in [1.165, 1.54) is 18.2 Å². The molecule has 0 fully saturated rings. The highest BCUT2D eigenvalue weighted by Crippen LogP contribution is 2.14. The van der Waals surface area contributed by atoms with Gasteiger partial charge in [-0.05, 0) is 17.7 Å². The van der Waals surface area contributed by atoms with Crippen LogP contribution in [0.1, 0.15) is 5.56 Å². The number of halogens is 1. The van der Waals surface area contributed by atoms with Gasteiger partial charge in [0, 0.05) is 6.54 Å². The van der Waals surface area contributed by atoms with Crippen molar-refractivity contribution < 1.29 is 12.8 Å². The number of nitrogen functional groups attached to an aromatic ring is 1. The summed E-state index contributed by atoms with van der Waals surface area (Å²) < 4.78 is 38.9. The summed E-state index contributed by atoms with van der Waals surface area (Å²) in [4.78, 5) is -0.126. The third-order valence-corrected chi connectivity index (χ3v) is 3.71. The number of hydrogen-bond acceptors (Lipinski definition) is 4. The monoisotopic (exact) mass is 270 g/mol. The van der Waals surface area contributed by atoms with Crippen LogP contribution in [0.2, 0.25) is 0 Å². The van der Waals surface area contributed by atoms with Gasteiger partial charge >= 0.3 is 0 Å². The molecule has 0 atom stereocenters. The second-order valence-electron chi connectivity index (χ2n) is 3.60. The van der Waals surface area contributed by atoms with Crippen molar-refractivity contribution in [1.82, 2.24) is 14.9 Å². The van der Waals surface area contributed by atoms with Crippen LogP contribution in [-0.4, -0.2) is 18.6 Å². The van der Waals surface area contributed by atoms with E-state index in [-0.39, 0.29) is 17.3 Å². The molecule has 1 aromatic carbocycles. The molecular weight excluding hydrogens is 259 g/mol. The van der Waals surface area contributed by atoms with Crippen molar-refractivity contribution in [2.45, 2.75) is 11.4 Å². The Hall–Kier alpha value is -1.93. The first-order chi connectivity index (χ1) is 8.49. The van der Waals surface area contributed by atoms with Gasteiger partial charge < -0.3 is 5.73 Å². The van der Waals surface area contributed by atoms with E-state index >= 15 is 0 Å². The Morgan fingerprint density at radius 2 is 2.22 bits per heavy atom. The molecule has 2 aromatic rings. The number of aromatic amines is 1. The van der Waals surface area contributed by atoms with Crippen LogP contribution in [0.4, 0.5) is 10.2 Å². The fourth-order valence-corrected chi connectivity index (χ4v) is 2.44. The summed E-state index contributed by atoms with van der Waals surface area (Å²) in [6.45, 7) is -0.0231. The molecule has 2 rings (SSSR count). The maximum atomic E-state index is 12.9. The topological polar surface area (TPSA) is 101 Å². The van der Waals surface area contributed by atoms with Crippen molar-refractivity contribution in [3.05, 3.63) is 41.8 Å². The van der Waals surface area contributed by atoms with Gasteiger partial charge in [-0.1, -0.05) is 12.1 Å². The molecule has 0 saturated carbocycles. The minimum atomic E-state index is -3.75. The summed E-state index contributed by atoms with van der Waals surface area (Å²) in [5.41, 5.74) is 5.94. The number of nitrogens with two attached hydrogens (primary N) is 1. The third-order valence-electron chi connectivity index (χ3n) is 2.28. The molecule has 4 N–H and O–H groups in total. The Morgan fingerprint density at radius 3 is 2.83 bits per heavy atom. The van der Waals surface area contributed by atoms with Crippen molar-refractivity contribution in [1.29, 1.82) is 0 Å². The van der Waals surface area contributed by atoms with E-state index in [1.54, 1.807) is 6.07 Å². The fraction of sp³-hybridized carbons (Fsp3) is 0.100. The van der Waals surface area contributed by atoms with Gasteiger partial charge in [-0.2, -0.15) is 5.10 Å². The van der Waals surface area contributed by atoms with Gasteiger partial charge in [0.15, 0.2) is 0 Å². The largest absolute Gasteiger partial charge is 0.383 e. The summed E-state index contributed by atoms with van der Waals surface area (Å²) in [6.07, 6.45) is 1.11. The standard InChI is InChI=1S/C10H11FN4O2S/c11-8-3-1-2-7(4-8)5-14-18(16,17)9-6-13-15-10(9)12/h1-4,6,14H,5H2,(H3,12,13,15). The molecule has 1 heterocycles. The Bertz CT molecular complexity index is 653. The number of benzene rings is 1. The van der Waals surface area contributed by atoms with Gasteiger partial charge in [-0.3, -0.25) is 5.10 Å². The van der Waals surface area contributed by atoms with Crippen molar-refractivity contribution in [2.24, 2.45) is 0 Å². The molecule has 0 spiro atoms. The van der Waals surface area contributed by atoms with Crippen LogP contribution >= 0.6 is 0 Å². The van der Waals surface area contributed by atoms with Gasteiger partial charge in [-0.25, -0.2) is 17.5 Å². The Balaban J connectivity index is 2.13. The third kappa shape index (κ3) is 2.66. The maximum absolute atomic E-state index is 12.9. The van der Waals surface area contributed by atoms with Crippen molar-refractivity contribution in [3.63, 3.8) is 0 Å². The Labute approximate surface area is 103 Å². The molecule has 0 radical (unpaired) electrons. The lowest BCUT2D eigenvalue weighted by atomic mass is 10.2. The second kappa shape index (κ2) is 4.75. The van der Waals surface area contributed by atoms with Crippen LogP contribution in [-0.2, 0) is 16.6 Å². The molecule has 0 aliphatic rings. The Kier molecular flexibility index (Phi) is 3.30. The van der Waals surface area contributed by atoms with Crippen LogP contribution in [0.5, 0.6) is 0 Å². The molecule has 18 heavy (non-hydrogen) atoms. The van der Waals surface area contributed by atoms with Crippen LogP contribution in [0.3, 0.4) is 0 Å². The highest BCUT2D eigenvalue weighted by atomic mass is 32.2. The number of aromatic nitrogens is 2. The Morgan fingerprint density at radius 1 is 1.44 bits per heavy atom. The average molecular weight is 270 g/mol. The number of hydrogen-bond donors (Lipinski definition) is 3. The van der Waals surface area contributed by atoms with Crippen LogP contribution < -0.4 is 10.5 Å². The van der Waals surface area contributed by atoms with Gasteiger partial charge in [-0.15, -0.1) is 0 Å². The van der Waals surface area contributed by atoms with Gasteiger partial charge in [0.05, 0.1) is 6.20 Å². The molecule has 96 valence electrons. The minimum Gasteiger partial charge on any atom is -0.383 e.